The van der Waals surface area contributed by atoms with Gasteiger partial charge in [-0.25, -0.2) is 4.39 Å². The summed E-state index contributed by atoms with van der Waals surface area (Å²) < 4.78 is 19.0. The van der Waals surface area contributed by atoms with Crippen molar-refractivity contribution in [2.24, 2.45) is 5.41 Å². The molecule has 1 aliphatic rings. The summed E-state index contributed by atoms with van der Waals surface area (Å²) in [6.07, 6.45) is 0. The number of amides is 1. The molecule has 1 fully saturated rings. The number of hydrogen-bond acceptors (Lipinski definition) is 3. The SMILES string of the molecule is O=C(Nc1cc(Br)ccc1F)C1(CO)COC1. The lowest BCUT2D eigenvalue weighted by molar-refractivity contribution is -0.164. The monoisotopic (exact) mass is 303 g/mol. The van der Waals surface area contributed by atoms with Crippen LogP contribution in [0, 0.1) is 11.2 Å². The highest BCUT2D eigenvalue weighted by molar-refractivity contribution is 9.10. The van der Waals surface area contributed by atoms with Gasteiger partial charge in [0, 0.05) is 4.47 Å². The van der Waals surface area contributed by atoms with E-state index in [1.54, 1.807) is 6.07 Å². The van der Waals surface area contributed by atoms with Gasteiger partial charge in [0.1, 0.15) is 11.2 Å². The molecule has 0 radical (unpaired) electrons. The van der Waals surface area contributed by atoms with E-state index in [1.807, 2.05) is 0 Å². The molecule has 1 aromatic carbocycles. The topological polar surface area (TPSA) is 58.6 Å². The lowest BCUT2D eigenvalue weighted by atomic mass is 9.86. The summed E-state index contributed by atoms with van der Waals surface area (Å²) in [5.74, 6) is -0.946. The predicted molar refractivity (Wildman–Crippen MR) is 63.1 cm³/mol. The fraction of sp³-hybridized carbons (Fsp3) is 0.364. The summed E-state index contributed by atoms with van der Waals surface area (Å²) in [6.45, 7) is 0.00433. The highest BCUT2D eigenvalue weighted by Crippen LogP contribution is 2.29. The van der Waals surface area contributed by atoms with Crippen LogP contribution in [0.5, 0.6) is 0 Å². The number of hydrogen-bond donors (Lipinski definition) is 2. The van der Waals surface area contributed by atoms with Gasteiger partial charge in [-0.1, -0.05) is 15.9 Å². The number of carbonyl (C=O) groups is 1. The van der Waals surface area contributed by atoms with Crippen molar-refractivity contribution in [3.8, 4) is 0 Å². The van der Waals surface area contributed by atoms with Crippen molar-refractivity contribution >= 4 is 27.5 Å². The van der Waals surface area contributed by atoms with E-state index in [0.717, 1.165) is 0 Å². The van der Waals surface area contributed by atoms with E-state index in [0.29, 0.717) is 4.47 Å². The van der Waals surface area contributed by atoms with Crippen molar-refractivity contribution in [1.29, 1.82) is 0 Å². The molecule has 0 bridgehead atoms. The summed E-state index contributed by atoms with van der Waals surface area (Å²) in [5, 5.41) is 11.6. The molecule has 0 saturated carbocycles. The molecule has 92 valence electrons. The minimum Gasteiger partial charge on any atom is -0.395 e. The van der Waals surface area contributed by atoms with Crippen molar-refractivity contribution < 1.29 is 19.0 Å². The molecule has 1 aromatic rings. The second kappa shape index (κ2) is 4.72. The van der Waals surface area contributed by atoms with E-state index in [1.165, 1.54) is 12.1 Å². The number of rotatable bonds is 3. The van der Waals surface area contributed by atoms with Crippen molar-refractivity contribution in [2.75, 3.05) is 25.1 Å². The maximum Gasteiger partial charge on any atom is 0.237 e. The highest BCUT2D eigenvalue weighted by atomic mass is 79.9. The zero-order chi connectivity index (χ0) is 12.5. The summed E-state index contributed by atoms with van der Waals surface area (Å²) in [6, 6.07) is 4.26. The molecule has 17 heavy (non-hydrogen) atoms. The van der Waals surface area contributed by atoms with Crippen molar-refractivity contribution in [2.45, 2.75) is 0 Å². The van der Waals surface area contributed by atoms with Crippen LogP contribution in [-0.2, 0) is 9.53 Å². The standard InChI is InChI=1S/C11H11BrFNO3/c12-7-1-2-8(13)9(3-7)14-10(16)11(4-15)5-17-6-11/h1-3,15H,4-6H2,(H,14,16). The number of nitrogens with one attached hydrogen (secondary N) is 1. The Morgan fingerprint density at radius 3 is 2.82 bits per heavy atom. The summed E-state index contributed by atoms with van der Waals surface area (Å²) >= 11 is 3.19. The van der Waals surface area contributed by atoms with E-state index in [4.69, 9.17) is 9.84 Å². The summed E-state index contributed by atoms with van der Waals surface area (Å²) in [4.78, 5) is 11.9. The van der Waals surface area contributed by atoms with Gasteiger partial charge in [-0.3, -0.25) is 4.79 Å². The molecule has 0 spiro atoms. The first-order valence-electron chi connectivity index (χ1n) is 5.02. The molecule has 0 aliphatic carbocycles. The van der Waals surface area contributed by atoms with Gasteiger partial charge >= 0.3 is 0 Å². The van der Waals surface area contributed by atoms with Crippen LogP contribution in [0.1, 0.15) is 0 Å². The number of aliphatic hydroxyl groups is 1. The third-order valence-corrected chi connectivity index (χ3v) is 3.21. The molecule has 1 amide bonds. The Hall–Kier alpha value is -0.980. The second-order valence-electron chi connectivity index (χ2n) is 4.01. The second-order valence-corrected chi connectivity index (χ2v) is 4.93. The molecule has 2 N–H and O–H groups in total. The van der Waals surface area contributed by atoms with Crippen LogP contribution in [0.2, 0.25) is 0 Å². The molecule has 0 unspecified atom stereocenters. The van der Waals surface area contributed by atoms with Crippen LogP contribution in [0.25, 0.3) is 0 Å². The Balaban J connectivity index is 2.15. The number of aliphatic hydroxyl groups excluding tert-OH is 1. The number of halogens is 2. The van der Waals surface area contributed by atoms with Gasteiger partial charge in [0.05, 0.1) is 25.5 Å². The molecule has 4 nitrogen and oxygen atoms in total. The zero-order valence-corrected chi connectivity index (χ0v) is 10.5. The van der Waals surface area contributed by atoms with Crippen LogP contribution in [-0.4, -0.2) is 30.8 Å². The van der Waals surface area contributed by atoms with E-state index in [-0.39, 0.29) is 25.5 Å². The Kier molecular flexibility index (Phi) is 3.46. The van der Waals surface area contributed by atoms with Gasteiger partial charge in [0.25, 0.3) is 0 Å². The van der Waals surface area contributed by atoms with Crippen molar-refractivity contribution in [3.05, 3.63) is 28.5 Å². The zero-order valence-electron chi connectivity index (χ0n) is 8.87. The average Bonchev–Trinajstić information content (AvgIpc) is 2.23. The number of ether oxygens (including phenoxy) is 1. The highest BCUT2D eigenvalue weighted by Gasteiger charge is 2.45. The molecule has 6 heteroatoms. The van der Waals surface area contributed by atoms with E-state index >= 15 is 0 Å². The van der Waals surface area contributed by atoms with Crippen LogP contribution < -0.4 is 5.32 Å². The van der Waals surface area contributed by atoms with Gasteiger partial charge in [0.15, 0.2) is 0 Å². The minimum absolute atomic E-state index is 0.0871. The number of carbonyl (C=O) groups excluding carboxylic acids is 1. The predicted octanol–water partition coefficient (Wildman–Crippen LogP) is 1.54. The lowest BCUT2D eigenvalue weighted by Crippen LogP contribution is -2.54. The van der Waals surface area contributed by atoms with E-state index < -0.39 is 17.1 Å². The smallest absolute Gasteiger partial charge is 0.237 e. The largest absolute Gasteiger partial charge is 0.395 e. The van der Waals surface area contributed by atoms with Gasteiger partial charge in [-0.15, -0.1) is 0 Å². The minimum atomic E-state index is -0.936. The van der Waals surface area contributed by atoms with Crippen LogP contribution >= 0.6 is 15.9 Å². The van der Waals surface area contributed by atoms with Crippen molar-refractivity contribution in [1.82, 2.24) is 0 Å². The van der Waals surface area contributed by atoms with Gasteiger partial charge < -0.3 is 15.2 Å². The quantitative estimate of drug-likeness (QED) is 0.890. The lowest BCUT2D eigenvalue weighted by Gasteiger charge is -2.38. The van der Waals surface area contributed by atoms with Crippen LogP contribution in [0.4, 0.5) is 10.1 Å². The first-order chi connectivity index (χ1) is 8.07. The van der Waals surface area contributed by atoms with Gasteiger partial charge in [0.2, 0.25) is 5.91 Å². The summed E-state index contributed by atoms with van der Waals surface area (Å²) in [5.41, 5.74) is -0.849. The average molecular weight is 304 g/mol. The normalized spacial score (nSPS) is 17.4. The Morgan fingerprint density at radius 2 is 2.29 bits per heavy atom. The van der Waals surface area contributed by atoms with Crippen LogP contribution in [0.15, 0.2) is 22.7 Å². The molecule has 1 heterocycles. The van der Waals surface area contributed by atoms with Crippen molar-refractivity contribution in [3.63, 3.8) is 0 Å². The number of benzene rings is 1. The number of anilines is 1. The Labute approximate surface area is 106 Å². The third-order valence-electron chi connectivity index (χ3n) is 2.72. The van der Waals surface area contributed by atoms with E-state index in [2.05, 4.69) is 21.2 Å². The maximum absolute atomic E-state index is 13.4. The Morgan fingerprint density at radius 1 is 1.59 bits per heavy atom. The first-order valence-corrected chi connectivity index (χ1v) is 5.82. The van der Waals surface area contributed by atoms with Gasteiger partial charge in [-0.05, 0) is 18.2 Å². The molecule has 1 aliphatic heterocycles. The third kappa shape index (κ3) is 2.34. The molecule has 2 rings (SSSR count). The molecule has 0 aromatic heterocycles. The summed E-state index contributed by atoms with van der Waals surface area (Å²) in [7, 11) is 0. The van der Waals surface area contributed by atoms with E-state index in [9.17, 15) is 9.18 Å². The fourth-order valence-electron chi connectivity index (χ4n) is 1.49. The molecule has 0 atom stereocenters. The van der Waals surface area contributed by atoms with Gasteiger partial charge in [-0.2, -0.15) is 0 Å². The fourth-order valence-corrected chi connectivity index (χ4v) is 1.85. The van der Waals surface area contributed by atoms with Crippen LogP contribution in [0.3, 0.4) is 0 Å². The maximum atomic E-state index is 13.4. The first kappa shape index (κ1) is 12.5. The molecule has 1 saturated heterocycles. The Bertz CT molecular complexity index is 443. The molecular weight excluding hydrogens is 293 g/mol. The molecular formula is C11H11BrFNO3.